The molecule has 31 heavy (non-hydrogen) atoms. The van der Waals surface area contributed by atoms with Gasteiger partial charge in [-0.1, -0.05) is 43.7 Å². The normalized spacial score (nSPS) is 11.3. The van der Waals surface area contributed by atoms with Gasteiger partial charge in [-0.3, -0.25) is 9.63 Å². The summed E-state index contributed by atoms with van der Waals surface area (Å²) in [7, 11) is 0. The van der Waals surface area contributed by atoms with E-state index >= 15 is 0 Å². The van der Waals surface area contributed by atoms with E-state index in [1.54, 1.807) is 0 Å². The fraction of sp³-hybridized carbons (Fsp3) is 0.435. The third kappa shape index (κ3) is 12.2. The zero-order valence-electron chi connectivity index (χ0n) is 17.9. The standard InChI is InChI=1S/C23H32N2O5.ClH/c1-2-3-15-30-25-23(27)18-29-22-11-9-19(10-12-22)13-14-24-16-20(26)17-28-21-7-5-4-6-8-21;/h4-12,20,24,26H,2-3,13-18H2,1H3,(H,25,27);1H. The van der Waals surface area contributed by atoms with Crippen LogP contribution in [0.3, 0.4) is 0 Å². The molecule has 0 heterocycles. The van der Waals surface area contributed by atoms with Crippen molar-refractivity contribution in [3.05, 3.63) is 60.2 Å². The molecule has 1 amide bonds. The molecule has 1 unspecified atom stereocenters. The summed E-state index contributed by atoms with van der Waals surface area (Å²) in [6, 6.07) is 17.0. The average Bonchev–Trinajstić information content (AvgIpc) is 2.78. The summed E-state index contributed by atoms with van der Waals surface area (Å²) >= 11 is 0. The lowest BCUT2D eigenvalue weighted by atomic mass is 10.1. The summed E-state index contributed by atoms with van der Waals surface area (Å²) in [6.07, 6.45) is 2.16. The van der Waals surface area contributed by atoms with Gasteiger partial charge in [0, 0.05) is 6.54 Å². The molecule has 0 aliphatic heterocycles. The van der Waals surface area contributed by atoms with Gasteiger partial charge in [0.1, 0.15) is 24.2 Å². The number of hydrogen-bond acceptors (Lipinski definition) is 6. The first-order chi connectivity index (χ1) is 14.7. The maximum atomic E-state index is 11.6. The van der Waals surface area contributed by atoms with Gasteiger partial charge in [-0.15, -0.1) is 12.4 Å². The maximum absolute atomic E-state index is 11.6. The lowest BCUT2D eigenvalue weighted by Gasteiger charge is -2.13. The van der Waals surface area contributed by atoms with Gasteiger partial charge in [-0.25, -0.2) is 5.48 Å². The molecule has 0 spiro atoms. The van der Waals surface area contributed by atoms with Gasteiger partial charge in [0.15, 0.2) is 6.61 Å². The van der Waals surface area contributed by atoms with Crippen molar-refractivity contribution in [1.82, 2.24) is 10.8 Å². The van der Waals surface area contributed by atoms with Crippen LogP contribution in [0.2, 0.25) is 0 Å². The number of aliphatic hydroxyl groups excluding tert-OH is 1. The molecule has 8 heteroatoms. The molecule has 0 fully saturated rings. The molecule has 0 saturated heterocycles. The van der Waals surface area contributed by atoms with Crippen LogP contribution in [-0.2, 0) is 16.1 Å². The number of benzene rings is 2. The summed E-state index contributed by atoms with van der Waals surface area (Å²) in [5.41, 5.74) is 3.50. The number of amides is 1. The molecule has 2 rings (SSSR count). The molecule has 0 saturated carbocycles. The highest BCUT2D eigenvalue weighted by Gasteiger charge is 2.05. The number of rotatable bonds is 15. The Kier molecular flexibility index (Phi) is 14.1. The largest absolute Gasteiger partial charge is 0.491 e. The Morgan fingerprint density at radius 3 is 2.45 bits per heavy atom. The number of carbonyl (C=O) groups is 1. The van der Waals surface area contributed by atoms with Crippen LogP contribution in [0.4, 0.5) is 0 Å². The van der Waals surface area contributed by atoms with Crippen molar-refractivity contribution in [2.24, 2.45) is 0 Å². The first kappa shape index (κ1) is 26.7. The Labute approximate surface area is 190 Å². The number of carbonyl (C=O) groups excluding carboxylic acids is 1. The predicted molar refractivity (Wildman–Crippen MR) is 123 cm³/mol. The third-order valence-electron chi connectivity index (χ3n) is 4.24. The van der Waals surface area contributed by atoms with Gasteiger partial charge < -0.3 is 19.9 Å². The van der Waals surface area contributed by atoms with Crippen molar-refractivity contribution in [2.45, 2.75) is 32.3 Å². The molecule has 7 nitrogen and oxygen atoms in total. The van der Waals surface area contributed by atoms with Crippen molar-refractivity contribution in [3.63, 3.8) is 0 Å². The molecular weight excluding hydrogens is 420 g/mol. The Hall–Kier alpha value is -2.32. The van der Waals surface area contributed by atoms with Gasteiger partial charge in [0.25, 0.3) is 5.91 Å². The number of aliphatic hydroxyl groups is 1. The molecule has 172 valence electrons. The summed E-state index contributed by atoms with van der Waals surface area (Å²) in [5, 5.41) is 13.2. The molecular formula is C23H33ClN2O5. The second-order valence-corrected chi connectivity index (χ2v) is 6.89. The van der Waals surface area contributed by atoms with Crippen molar-refractivity contribution in [2.75, 3.05) is 32.9 Å². The summed E-state index contributed by atoms with van der Waals surface area (Å²) < 4.78 is 11.0. The first-order valence-electron chi connectivity index (χ1n) is 10.4. The van der Waals surface area contributed by atoms with Crippen molar-refractivity contribution in [1.29, 1.82) is 0 Å². The van der Waals surface area contributed by atoms with Gasteiger partial charge in [-0.05, 0) is 49.2 Å². The molecule has 2 aromatic rings. The predicted octanol–water partition coefficient (Wildman–Crippen LogP) is 2.91. The van der Waals surface area contributed by atoms with Crippen LogP contribution in [0.1, 0.15) is 25.3 Å². The highest BCUT2D eigenvalue weighted by atomic mass is 35.5. The zero-order chi connectivity index (χ0) is 21.4. The fourth-order valence-electron chi connectivity index (χ4n) is 2.55. The van der Waals surface area contributed by atoms with Crippen LogP contribution in [-0.4, -0.2) is 50.0 Å². The van der Waals surface area contributed by atoms with E-state index in [0.717, 1.165) is 37.1 Å². The first-order valence-corrected chi connectivity index (χ1v) is 10.4. The van der Waals surface area contributed by atoms with E-state index in [1.165, 1.54) is 0 Å². The van der Waals surface area contributed by atoms with Gasteiger partial charge in [0.2, 0.25) is 0 Å². The van der Waals surface area contributed by atoms with Crippen LogP contribution >= 0.6 is 12.4 Å². The van der Waals surface area contributed by atoms with Crippen LogP contribution < -0.4 is 20.3 Å². The Bertz CT molecular complexity index is 716. The summed E-state index contributed by atoms with van der Waals surface area (Å²) in [4.78, 5) is 16.6. The van der Waals surface area contributed by atoms with Crippen LogP contribution in [0.25, 0.3) is 0 Å². The molecule has 3 N–H and O–H groups in total. The molecule has 0 aromatic heterocycles. The number of nitrogens with one attached hydrogen (secondary N) is 2. The smallest absolute Gasteiger partial charge is 0.281 e. The second-order valence-electron chi connectivity index (χ2n) is 6.89. The van der Waals surface area contributed by atoms with E-state index in [9.17, 15) is 9.90 Å². The molecule has 0 aliphatic carbocycles. The van der Waals surface area contributed by atoms with Gasteiger partial charge in [-0.2, -0.15) is 0 Å². The maximum Gasteiger partial charge on any atom is 0.281 e. The van der Waals surface area contributed by atoms with E-state index < -0.39 is 6.10 Å². The van der Waals surface area contributed by atoms with Crippen molar-refractivity contribution >= 4 is 18.3 Å². The molecule has 2 aromatic carbocycles. The number of hydroxylamine groups is 1. The minimum atomic E-state index is -0.571. The topological polar surface area (TPSA) is 89.1 Å². The lowest BCUT2D eigenvalue weighted by molar-refractivity contribution is -0.135. The number of hydrogen-bond donors (Lipinski definition) is 3. The zero-order valence-corrected chi connectivity index (χ0v) is 18.7. The minimum absolute atomic E-state index is 0. The van der Waals surface area contributed by atoms with Crippen molar-refractivity contribution < 1.29 is 24.2 Å². The van der Waals surface area contributed by atoms with Crippen LogP contribution in [0, 0.1) is 0 Å². The van der Waals surface area contributed by atoms with E-state index in [2.05, 4.69) is 17.7 Å². The molecule has 0 bridgehead atoms. The van der Waals surface area contributed by atoms with E-state index in [1.807, 2.05) is 54.6 Å². The SMILES string of the molecule is CCCCONC(=O)COc1ccc(CCNCC(O)COc2ccccc2)cc1.Cl. The Morgan fingerprint density at radius 1 is 1.03 bits per heavy atom. The van der Waals surface area contributed by atoms with Crippen molar-refractivity contribution in [3.8, 4) is 11.5 Å². The number of halogens is 1. The summed E-state index contributed by atoms with van der Waals surface area (Å²) in [6.45, 7) is 3.92. The lowest BCUT2D eigenvalue weighted by Crippen LogP contribution is -2.32. The quantitative estimate of drug-likeness (QED) is 0.284. The van der Waals surface area contributed by atoms with E-state index in [-0.39, 0.29) is 31.5 Å². The molecule has 1 atom stereocenters. The van der Waals surface area contributed by atoms with Crippen LogP contribution in [0.5, 0.6) is 11.5 Å². The Balaban J connectivity index is 0.00000480. The van der Waals surface area contributed by atoms with E-state index in [4.69, 9.17) is 14.3 Å². The van der Waals surface area contributed by atoms with E-state index in [0.29, 0.717) is 18.9 Å². The highest BCUT2D eigenvalue weighted by molar-refractivity contribution is 5.85. The van der Waals surface area contributed by atoms with Crippen LogP contribution in [0.15, 0.2) is 54.6 Å². The number of para-hydroxylation sites is 1. The number of unbranched alkanes of at least 4 members (excludes halogenated alkanes) is 1. The minimum Gasteiger partial charge on any atom is -0.491 e. The second kappa shape index (κ2) is 16.4. The Morgan fingerprint density at radius 2 is 1.74 bits per heavy atom. The number of ether oxygens (including phenoxy) is 2. The monoisotopic (exact) mass is 452 g/mol. The van der Waals surface area contributed by atoms with Gasteiger partial charge >= 0.3 is 0 Å². The molecule has 0 radical (unpaired) electrons. The third-order valence-corrected chi connectivity index (χ3v) is 4.24. The average molecular weight is 453 g/mol. The van der Waals surface area contributed by atoms with Gasteiger partial charge in [0.05, 0.1) is 6.61 Å². The molecule has 0 aliphatic rings. The highest BCUT2D eigenvalue weighted by Crippen LogP contribution is 2.12. The summed E-state index contributed by atoms with van der Waals surface area (Å²) in [5.74, 6) is 1.07. The fourth-order valence-corrected chi connectivity index (χ4v) is 2.55.